The van der Waals surface area contributed by atoms with Crippen LogP contribution in [-0.4, -0.2) is 134 Å². The molecule has 7 N–H and O–H groups in total. The highest BCUT2D eigenvalue weighted by molar-refractivity contribution is 7.18. The molecule has 4 aromatic carbocycles. The number of aromatic nitrogens is 2. The minimum absolute atomic E-state index is 0.0359. The number of nitro benzene ring substituents is 2. The predicted molar refractivity (Wildman–Crippen MR) is 294 cm³/mol. The zero-order valence-corrected chi connectivity index (χ0v) is 43.1. The number of benzene rings is 4. The van der Waals surface area contributed by atoms with Crippen LogP contribution in [0.25, 0.3) is 0 Å². The Kier molecular flexibility index (Phi) is 17.3. The number of piperazine rings is 2. The monoisotopic (exact) mass is 1050 g/mol. The van der Waals surface area contributed by atoms with Gasteiger partial charge in [-0.1, -0.05) is 34.3 Å². The first kappa shape index (κ1) is 52.4. The van der Waals surface area contributed by atoms with Gasteiger partial charge in [-0.25, -0.2) is 9.97 Å². The quantitative estimate of drug-likeness (QED) is 0.0414. The molecule has 0 saturated carbocycles. The van der Waals surface area contributed by atoms with Crippen LogP contribution < -0.4 is 42.1 Å². The highest BCUT2D eigenvalue weighted by Crippen LogP contribution is 2.36. The van der Waals surface area contributed by atoms with Crippen molar-refractivity contribution in [3.63, 3.8) is 0 Å². The van der Waals surface area contributed by atoms with Crippen LogP contribution in [0.3, 0.4) is 0 Å². The molecule has 384 valence electrons. The van der Waals surface area contributed by atoms with Gasteiger partial charge in [-0.15, -0.1) is 0 Å². The normalized spacial score (nSPS) is 16.0. The van der Waals surface area contributed by atoms with Crippen LogP contribution in [0.4, 0.5) is 61.7 Å². The van der Waals surface area contributed by atoms with Crippen LogP contribution in [0.15, 0.2) is 84.9 Å². The Morgan fingerprint density at radius 1 is 0.589 bits per heavy atom. The first-order valence-electron chi connectivity index (χ1n) is 24.1. The number of nitrogens with one attached hydrogen (secondary N) is 3. The molecular formula is C50H59ClN14O6S2. The van der Waals surface area contributed by atoms with Gasteiger partial charge in [0.2, 0.25) is 11.6 Å². The molecule has 23 heteroatoms. The molecule has 0 amide bonds. The van der Waals surface area contributed by atoms with Crippen LogP contribution in [0.5, 0.6) is 0 Å². The Morgan fingerprint density at radius 3 is 1.42 bits per heavy atom. The maximum absolute atomic E-state index is 13.2. The molecule has 4 aliphatic heterocycles. The minimum Gasteiger partial charge on any atom is -0.382 e. The van der Waals surface area contributed by atoms with Crippen molar-refractivity contribution in [1.29, 1.82) is 0 Å². The number of anilines is 9. The van der Waals surface area contributed by atoms with Crippen molar-refractivity contribution in [2.45, 2.75) is 25.7 Å². The van der Waals surface area contributed by atoms with Gasteiger partial charge in [0.1, 0.15) is 32.1 Å². The Labute approximate surface area is 436 Å². The minimum atomic E-state index is -0.631. The van der Waals surface area contributed by atoms with Crippen LogP contribution >= 0.6 is 34.3 Å². The second-order valence-corrected chi connectivity index (χ2v) is 20.5. The van der Waals surface area contributed by atoms with Gasteiger partial charge in [-0.2, -0.15) is 0 Å². The summed E-state index contributed by atoms with van der Waals surface area (Å²) in [5, 5.41) is 33.4. The molecule has 10 rings (SSSR count). The molecule has 4 fully saturated rings. The lowest BCUT2D eigenvalue weighted by molar-refractivity contribution is -0.384. The van der Waals surface area contributed by atoms with Gasteiger partial charge in [0.15, 0.2) is 10.3 Å². The molecule has 0 atom stereocenters. The van der Waals surface area contributed by atoms with Gasteiger partial charge in [0.05, 0.1) is 9.85 Å². The summed E-state index contributed by atoms with van der Waals surface area (Å²) in [5.41, 5.74) is 16.5. The average molecular weight is 1050 g/mol. The summed E-state index contributed by atoms with van der Waals surface area (Å²) in [4.78, 5) is 68.1. The molecule has 0 spiro atoms. The van der Waals surface area contributed by atoms with Crippen LogP contribution in [-0.2, 0) is 0 Å². The van der Waals surface area contributed by atoms with E-state index < -0.39 is 15.6 Å². The van der Waals surface area contributed by atoms with Crippen molar-refractivity contribution in [3.8, 4) is 0 Å². The molecule has 6 heterocycles. The predicted octanol–water partition coefficient (Wildman–Crippen LogP) is 8.34. The number of thiazole rings is 2. The number of carbonyl (C=O) groups is 2. The molecule has 0 bridgehead atoms. The van der Waals surface area contributed by atoms with Gasteiger partial charge in [-0.3, -0.25) is 29.8 Å². The van der Waals surface area contributed by atoms with E-state index in [2.05, 4.69) is 71.7 Å². The van der Waals surface area contributed by atoms with Crippen molar-refractivity contribution in [1.82, 2.24) is 25.1 Å². The molecule has 2 aromatic heterocycles. The SMILES string of the molecule is C1CCNC1.CN1CCN(c2ccc(Nc3nc(N)c(C(=O)c4ccc(Cl)c([N+](=O)[O-])c4)s3)cc2)CC1.CN1CCN(c2ccc(Nc3nc(N)c(C(=O)c4ccc(N5CCCC5)c([N+](=O)[O-])c4)s3)cc2)CC1. The van der Waals surface area contributed by atoms with Crippen molar-refractivity contribution in [2.75, 3.05) is 129 Å². The maximum Gasteiger partial charge on any atom is 0.293 e. The first-order chi connectivity index (χ1) is 35.2. The number of likely N-dealkylation sites (N-methyl/N-ethyl adjacent to an activating group) is 2. The first-order valence-corrected chi connectivity index (χ1v) is 26.1. The van der Waals surface area contributed by atoms with Crippen molar-refractivity contribution in [2.24, 2.45) is 0 Å². The molecule has 0 radical (unpaired) electrons. The lowest BCUT2D eigenvalue weighted by Gasteiger charge is -2.34. The van der Waals surface area contributed by atoms with Crippen molar-refractivity contribution < 1.29 is 19.4 Å². The average Bonchev–Trinajstić information content (AvgIpc) is 4.26. The maximum atomic E-state index is 13.2. The van der Waals surface area contributed by atoms with Gasteiger partial charge < -0.3 is 51.9 Å². The van der Waals surface area contributed by atoms with Crippen LogP contribution in [0.1, 0.15) is 56.2 Å². The molecular weight excluding hydrogens is 992 g/mol. The molecule has 0 unspecified atom stereocenters. The number of nitro groups is 2. The zero-order chi connectivity index (χ0) is 51.6. The second-order valence-electron chi connectivity index (χ2n) is 18.1. The standard InChI is InChI=1S/C25H29N7O3S.C21H21ClN6O3S.C4H9N/c1-29-12-14-30(15-13-29)19-7-5-18(6-8-19)27-25-28-24(26)23(36-25)22(33)17-4-9-20(21(16-17)32(34)35)31-10-2-3-11-31;1-26-8-10-27(11-9-26)15-5-3-14(4-6-15)24-21-25-20(23)19(32-21)18(29)13-2-7-16(22)17(12-13)28(30)31;1-2-4-5-3-1/h4-9,16H,2-3,10-15,26H2,1H3,(H,27,28);2-7,12H,8-11,23H2,1H3,(H,24,25);5H,1-4H2. The molecule has 6 aromatic rings. The Hall–Kier alpha value is -6.95. The highest BCUT2D eigenvalue weighted by atomic mass is 35.5. The molecule has 0 aliphatic carbocycles. The van der Waals surface area contributed by atoms with E-state index in [0.29, 0.717) is 16.0 Å². The van der Waals surface area contributed by atoms with Crippen molar-refractivity contribution >= 4 is 108 Å². The molecule has 20 nitrogen and oxygen atoms in total. The van der Waals surface area contributed by atoms with E-state index in [9.17, 15) is 29.8 Å². The van der Waals surface area contributed by atoms with Crippen LogP contribution in [0.2, 0.25) is 5.02 Å². The number of halogens is 1. The Morgan fingerprint density at radius 2 is 1.01 bits per heavy atom. The molecule has 73 heavy (non-hydrogen) atoms. The van der Waals surface area contributed by atoms with Gasteiger partial charge in [0, 0.05) is 111 Å². The summed E-state index contributed by atoms with van der Waals surface area (Å²) in [6.07, 6.45) is 4.78. The summed E-state index contributed by atoms with van der Waals surface area (Å²) >= 11 is 8.07. The number of carbonyl (C=O) groups excluding carboxylic acids is 2. The van der Waals surface area contributed by atoms with Gasteiger partial charge >= 0.3 is 0 Å². The largest absolute Gasteiger partial charge is 0.382 e. The third-order valence-electron chi connectivity index (χ3n) is 12.9. The number of hydrogen-bond donors (Lipinski definition) is 5. The Balaban J connectivity index is 0.000000179. The second kappa shape index (κ2) is 24.2. The molecule has 4 aliphatic rings. The number of rotatable bonds is 13. The molecule has 4 saturated heterocycles. The topological polar surface area (TPSA) is 251 Å². The smallest absolute Gasteiger partial charge is 0.293 e. The Bertz CT molecular complexity index is 2890. The summed E-state index contributed by atoms with van der Waals surface area (Å²) in [7, 11) is 4.26. The highest BCUT2D eigenvalue weighted by Gasteiger charge is 2.27. The summed E-state index contributed by atoms with van der Waals surface area (Å²) in [5.74, 6) is -0.653. The number of nitrogens with two attached hydrogens (primary N) is 2. The third kappa shape index (κ3) is 13.4. The number of hydrogen-bond acceptors (Lipinski definition) is 20. The van der Waals surface area contributed by atoms with E-state index in [4.69, 9.17) is 23.1 Å². The van der Waals surface area contributed by atoms with E-state index in [1.165, 1.54) is 49.8 Å². The lowest BCUT2D eigenvalue weighted by atomic mass is 10.1. The van der Waals surface area contributed by atoms with E-state index in [1.54, 1.807) is 12.1 Å². The summed E-state index contributed by atoms with van der Waals surface area (Å²) < 4.78 is 0. The third-order valence-corrected chi connectivity index (χ3v) is 15.2. The van der Waals surface area contributed by atoms with E-state index >= 15 is 0 Å². The van der Waals surface area contributed by atoms with Gasteiger partial charge in [0.25, 0.3) is 11.4 Å². The van der Waals surface area contributed by atoms with Gasteiger partial charge in [-0.05, 0) is 126 Å². The summed E-state index contributed by atoms with van der Waals surface area (Å²) in [6.45, 7) is 12.2. The van der Waals surface area contributed by atoms with E-state index in [0.717, 1.165) is 124 Å². The fourth-order valence-electron chi connectivity index (χ4n) is 8.70. The van der Waals surface area contributed by atoms with E-state index in [-0.39, 0.29) is 54.7 Å². The van der Waals surface area contributed by atoms with Crippen molar-refractivity contribution in [3.05, 3.63) is 131 Å². The lowest BCUT2D eigenvalue weighted by Crippen LogP contribution is -2.44. The fourth-order valence-corrected chi connectivity index (χ4v) is 10.6. The number of nitrogen functional groups attached to an aromatic ring is 2. The summed E-state index contributed by atoms with van der Waals surface area (Å²) in [6, 6.07) is 24.6. The fraction of sp³-hybridized carbons (Fsp3) is 0.360. The number of ketones is 2. The zero-order valence-electron chi connectivity index (χ0n) is 40.7. The number of nitrogens with zero attached hydrogens (tertiary/aromatic N) is 9. The van der Waals surface area contributed by atoms with E-state index in [1.807, 2.05) is 41.3 Å². The van der Waals surface area contributed by atoms with Crippen LogP contribution in [0, 0.1) is 20.2 Å².